The van der Waals surface area contributed by atoms with E-state index in [1.165, 1.54) is 25.7 Å². The lowest BCUT2D eigenvalue weighted by Crippen LogP contribution is -2.40. The van der Waals surface area contributed by atoms with Gasteiger partial charge in [-0.25, -0.2) is 0 Å². The van der Waals surface area contributed by atoms with E-state index in [1.54, 1.807) is 0 Å². The van der Waals surface area contributed by atoms with Gasteiger partial charge in [0.25, 0.3) is 0 Å². The van der Waals surface area contributed by atoms with Crippen LogP contribution in [0.1, 0.15) is 51.9 Å². The van der Waals surface area contributed by atoms with Crippen molar-refractivity contribution in [1.82, 2.24) is 10.6 Å². The van der Waals surface area contributed by atoms with Crippen molar-refractivity contribution >= 4 is 5.91 Å². The zero-order valence-electron chi connectivity index (χ0n) is 9.85. The van der Waals surface area contributed by atoms with Crippen molar-refractivity contribution in [2.45, 2.75) is 57.9 Å². The summed E-state index contributed by atoms with van der Waals surface area (Å²) >= 11 is 0. The first-order valence-corrected chi connectivity index (χ1v) is 6.35. The van der Waals surface area contributed by atoms with Gasteiger partial charge in [0.2, 0.25) is 5.91 Å². The third-order valence-corrected chi connectivity index (χ3v) is 2.96. The fourth-order valence-corrected chi connectivity index (χ4v) is 1.97. The molecule has 3 nitrogen and oxygen atoms in total. The van der Waals surface area contributed by atoms with Gasteiger partial charge in [-0.2, -0.15) is 0 Å². The van der Waals surface area contributed by atoms with Crippen molar-refractivity contribution in [2.75, 3.05) is 13.1 Å². The van der Waals surface area contributed by atoms with Crippen LogP contribution in [0.3, 0.4) is 0 Å². The van der Waals surface area contributed by atoms with Crippen LogP contribution in [0.2, 0.25) is 0 Å². The molecule has 1 saturated heterocycles. The fourth-order valence-electron chi connectivity index (χ4n) is 1.97. The smallest absolute Gasteiger partial charge is 0.237 e. The van der Waals surface area contributed by atoms with Crippen molar-refractivity contribution in [1.29, 1.82) is 0 Å². The highest BCUT2D eigenvalue weighted by Gasteiger charge is 2.20. The molecular formula is C12H24N2O. The number of hydrogen-bond acceptors (Lipinski definition) is 2. The second-order valence-corrected chi connectivity index (χ2v) is 4.35. The highest BCUT2D eigenvalue weighted by atomic mass is 16.2. The maximum atomic E-state index is 11.6. The maximum absolute atomic E-state index is 11.6. The first-order valence-electron chi connectivity index (χ1n) is 6.35. The summed E-state index contributed by atoms with van der Waals surface area (Å²) < 4.78 is 0. The maximum Gasteiger partial charge on any atom is 0.237 e. The Morgan fingerprint density at radius 3 is 2.80 bits per heavy atom. The minimum Gasteiger partial charge on any atom is -0.355 e. The van der Waals surface area contributed by atoms with Gasteiger partial charge in [0.1, 0.15) is 0 Å². The molecule has 0 radical (unpaired) electrons. The van der Waals surface area contributed by atoms with E-state index in [4.69, 9.17) is 0 Å². The van der Waals surface area contributed by atoms with Gasteiger partial charge in [-0.15, -0.1) is 0 Å². The summed E-state index contributed by atoms with van der Waals surface area (Å²) in [7, 11) is 0. The zero-order valence-corrected chi connectivity index (χ0v) is 9.85. The normalized spacial score (nSPS) is 20.5. The molecule has 1 atom stereocenters. The zero-order chi connectivity index (χ0) is 10.9. The van der Waals surface area contributed by atoms with E-state index in [1.807, 2.05) is 0 Å². The number of amides is 1. The summed E-state index contributed by atoms with van der Waals surface area (Å²) in [6.45, 7) is 4.06. The number of carbonyl (C=O) groups is 1. The first-order chi connectivity index (χ1) is 7.34. The fraction of sp³-hybridized carbons (Fsp3) is 0.917. The number of carbonyl (C=O) groups excluding carboxylic acids is 1. The molecule has 1 aliphatic heterocycles. The summed E-state index contributed by atoms with van der Waals surface area (Å²) in [5.74, 6) is 0.197. The minimum atomic E-state index is 0.0839. The Bertz CT molecular complexity index is 176. The Morgan fingerprint density at radius 1 is 1.33 bits per heavy atom. The molecule has 0 aromatic carbocycles. The molecule has 0 spiro atoms. The molecule has 0 bridgehead atoms. The van der Waals surface area contributed by atoms with Gasteiger partial charge in [0, 0.05) is 6.54 Å². The van der Waals surface area contributed by atoms with Crippen molar-refractivity contribution in [3.63, 3.8) is 0 Å². The molecule has 15 heavy (non-hydrogen) atoms. The second kappa shape index (κ2) is 7.69. The van der Waals surface area contributed by atoms with Crippen LogP contribution in [0.4, 0.5) is 0 Å². The van der Waals surface area contributed by atoms with Crippen molar-refractivity contribution in [3.05, 3.63) is 0 Å². The van der Waals surface area contributed by atoms with Crippen LogP contribution in [0.5, 0.6) is 0 Å². The van der Waals surface area contributed by atoms with E-state index in [2.05, 4.69) is 17.6 Å². The number of nitrogens with one attached hydrogen (secondary N) is 2. The molecule has 2 N–H and O–H groups in total. The van der Waals surface area contributed by atoms with Crippen LogP contribution in [0.25, 0.3) is 0 Å². The molecule has 88 valence electrons. The van der Waals surface area contributed by atoms with Crippen LogP contribution >= 0.6 is 0 Å². The molecule has 1 aliphatic rings. The lowest BCUT2D eigenvalue weighted by atomic mass is 10.1. The molecule has 3 heteroatoms. The molecular weight excluding hydrogens is 188 g/mol. The Morgan fingerprint density at radius 2 is 2.13 bits per heavy atom. The van der Waals surface area contributed by atoms with Crippen LogP contribution < -0.4 is 10.6 Å². The molecule has 0 aromatic heterocycles. The standard InChI is InChI=1S/C12H24N2O/c1-2-3-4-5-6-9-14-12(15)11-8-7-10-13-11/h11,13H,2-10H2,1H3,(H,14,15)/t11-/m0/s1. The van der Waals surface area contributed by atoms with E-state index >= 15 is 0 Å². The molecule has 0 aromatic rings. The predicted molar refractivity (Wildman–Crippen MR) is 62.8 cm³/mol. The first kappa shape index (κ1) is 12.5. The van der Waals surface area contributed by atoms with E-state index in [0.717, 1.165) is 32.4 Å². The molecule has 1 fully saturated rings. The minimum absolute atomic E-state index is 0.0839. The second-order valence-electron chi connectivity index (χ2n) is 4.35. The van der Waals surface area contributed by atoms with Crippen LogP contribution in [-0.4, -0.2) is 25.0 Å². The number of unbranched alkanes of at least 4 members (excludes halogenated alkanes) is 4. The summed E-state index contributed by atoms with van der Waals surface area (Å²) in [6.07, 6.45) is 8.39. The number of hydrogen-bond donors (Lipinski definition) is 2. The largest absolute Gasteiger partial charge is 0.355 e. The SMILES string of the molecule is CCCCCCCNC(=O)[C@@H]1CCCN1. The van der Waals surface area contributed by atoms with E-state index in [0.29, 0.717) is 0 Å². The van der Waals surface area contributed by atoms with Gasteiger partial charge in [-0.1, -0.05) is 32.6 Å². The summed E-state index contributed by atoms with van der Waals surface area (Å²) in [6, 6.07) is 0.0839. The van der Waals surface area contributed by atoms with Gasteiger partial charge in [-0.3, -0.25) is 4.79 Å². The van der Waals surface area contributed by atoms with Gasteiger partial charge in [0.05, 0.1) is 6.04 Å². The predicted octanol–water partition coefficient (Wildman–Crippen LogP) is 1.82. The summed E-state index contributed by atoms with van der Waals surface area (Å²) in [5, 5.41) is 6.21. The quantitative estimate of drug-likeness (QED) is 0.632. The Hall–Kier alpha value is -0.570. The van der Waals surface area contributed by atoms with Crippen molar-refractivity contribution in [2.24, 2.45) is 0 Å². The Labute approximate surface area is 93.0 Å². The van der Waals surface area contributed by atoms with Gasteiger partial charge in [-0.05, 0) is 25.8 Å². The van der Waals surface area contributed by atoms with E-state index < -0.39 is 0 Å². The van der Waals surface area contributed by atoms with Crippen molar-refractivity contribution < 1.29 is 4.79 Å². The third kappa shape index (κ3) is 5.17. The van der Waals surface area contributed by atoms with Crippen LogP contribution in [0, 0.1) is 0 Å². The lowest BCUT2D eigenvalue weighted by Gasteiger charge is -2.10. The van der Waals surface area contributed by atoms with Crippen LogP contribution in [0.15, 0.2) is 0 Å². The third-order valence-electron chi connectivity index (χ3n) is 2.96. The van der Waals surface area contributed by atoms with E-state index in [9.17, 15) is 4.79 Å². The highest BCUT2D eigenvalue weighted by Crippen LogP contribution is 2.05. The average Bonchev–Trinajstić information content (AvgIpc) is 2.76. The molecule has 1 amide bonds. The van der Waals surface area contributed by atoms with Gasteiger partial charge < -0.3 is 10.6 Å². The summed E-state index contributed by atoms with van der Waals surface area (Å²) in [5.41, 5.74) is 0. The monoisotopic (exact) mass is 212 g/mol. The summed E-state index contributed by atoms with van der Waals surface area (Å²) in [4.78, 5) is 11.6. The molecule has 0 saturated carbocycles. The highest BCUT2D eigenvalue weighted by molar-refractivity contribution is 5.81. The molecule has 1 rings (SSSR count). The topological polar surface area (TPSA) is 41.1 Å². The van der Waals surface area contributed by atoms with Crippen LogP contribution in [-0.2, 0) is 4.79 Å². The lowest BCUT2D eigenvalue weighted by molar-refractivity contribution is -0.122. The van der Waals surface area contributed by atoms with Crippen molar-refractivity contribution in [3.8, 4) is 0 Å². The average molecular weight is 212 g/mol. The Kier molecular flexibility index (Phi) is 6.41. The van der Waals surface area contributed by atoms with Gasteiger partial charge in [0.15, 0.2) is 0 Å². The Balaban J connectivity index is 1.92. The molecule has 0 aliphatic carbocycles. The van der Waals surface area contributed by atoms with E-state index in [-0.39, 0.29) is 11.9 Å². The molecule has 0 unspecified atom stereocenters. The number of rotatable bonds is 7. The molecule has 1 heterocycles. The van der Waals surface area contributed by atoms with Gasteiger partial charge >= 0.3 is 0 Å².